The summed E-state index contributed by atoms with van der Waals surface area (Å²) in [5, 5.41) is 0. The third-order valence-corrected chi connectivity index (χ3v) is 7.85. The lowest BCUT2D eigenvalue weighted by atomic mass is 10.1. The zero-order valence-electron chi connectivity index (χ0n) is 28.0. The van der Waals surface area contributed by atoms with Gasteiger partial charge < -0.3 is 14.2 Å². The maximum atomic E-state index is 12.5. The molecule has 6 heteroatoms. The Balaban J connectivity index is 4.18. The van der Waals surface area contributed by atoms with Gasteiger partial charge in [0.2, 0.25) is 0 Å². The van der Waals surface area contributed by atoms with Crippen LogP contribution in [0.4, 0.5) is 0 Å². The van der Waals surface area contributed by atoms with Crippen molar-refractivity contribution in [3.8, 4) is 0 Å². The Kier molecular flexibility index (Phi) is 29.3. The summed E-state index contributed by atoms with van der Waals surface area (Å²) in [6.07, 6.45) is 28.3. The summed E-state index contributed by atoms with van der Waals surface area (Å²) < 4.78 is 16.3. The van der Waals surface area contributed by atoms with Crippen LogP contribution in [0.15, 0.2) is 11.6 Å². The third-order valence-electron chi connectivity index (χ3n) is 7.85. The molecule has 0 unspecified atom stereocenters. The van der Waals surface area contributed by atoms with Gasteiger partial charge in [-0.3, -0.25) is 9.59 Å². The highest BCUT2D eigenvalue weighted by Crippen LogP contribution is 2.14. The predicted molar refractivity (Wildman–Crippen MR) is 173 cm³/mol. The number of carbonyl (C=O) groups is 3. The van der Waals surface area contributed by atoms with Crippen molar-refractivity contribution in [2.24, 2.45) is 0 Å². The zero-order chi connectivity index (χ0) is 31.1. The van der Waals surface area contributed by atoms with E-state index in [9.17, 15) is 14.4 Å². The van der Waals surface area contributed by atoms with Crippen molar-refractivity contribution in [1.29, 1.82) is 0 Å². The molecule has 42 heavy (non-hydrogen) atoms. The van der Waals surface area contributed by atoms with Crippen LogP contribution in [0.2, 0.25) is 0 Å². The normalized spacial score (nSPS) is 12.2. The average molecular weight is 595 g/mol. The number of rotatable bonds is 30. The first kappa shape index (κ1) is 40.1. The van der Waals surface area contributed by atoms with Crippen molar-refractivity contribution in [3.05, 3.63) is 11.6 Å². The molecular weight excluding hydrogens is 528 g/mol. The molecular formula is C36H66O6. The summed E-state index contributed by atoms with van der Waals surface area (Å²) in [6, 6.07) is 0. The monoisotopic (exact) mass is 594 g/mol. The van der Waals surface area contributed by atoms with Crippen LogP contribution in [-0.2, 0) is 28.6 Å². The molecule has 0 aromatic carbocycles. The van der Waals surface area contributed by atoms with Gasteiger partial charge in [-0.2, -0.15) is 0 Å². The summed E-state index contributed by atoms with van der Waals surface area (Å²) >= 11 is 0. The van der Waals surface area contributed by atoms with Crippen molar-refractivity contribution in [2.75, 3.05) is 13.2 Å². The van der Waals surface area contributed by atoms with Crippen LogP contribution >= 0.6 is 0 Å². The van der Waals surface area contributed by atoms with Crippen LogP contribution in [0.1, 0.15) is 182 Å². The molecule has 0 aliphatic carbocycles. The Morgan fingerprint density at radius 3 is 1.29 bits per heavy atom. The predicted octanol–water partition coefficient (Wildman–Crippen LogP) is 10.4. The van der Waals surface area contributed by atoms with Crippen molar-refractivity contribution in [1.82, 2.24) is 0 Å². The molecule has 0 aliphatic rings. The van der Waals surface area contributed by atoms with Gasteiger partial charge in [-0.1, -0.05) is 148 Å². The first-order valence-electron chi connectivity index (χ1n) is 17.6. The maximum Gasteiger partial charge on any atom is 0.333 e. The molecule has 1 atom stereocenters. The second-order valence-electron chi connectivity index (χ2n) is 11.9. The average Bonchev–Trinajstić information content (AvgIpc) is 2.99. The minimum Gasteiger partial charge on any atom is -0.462 e. The van der Waals surface area contributed by atoms with E-state index in [1.165, 1.54) is 103 Å². The van der Waals surface area contributed by atoms with Crippen molar-refractivity contribution in [2.45, 2.75) is 188 Å². The van der Waals surface area contributed by atoms with E-state index in [-0.39, 0.29) is 25.2 Å². The second kappa shape index (κ2) is 30.6. The van der Waals surface area contributed by atoms with Crippen LogP contribution in [0, 0.1) is 0 Å². The molecule has 0 heterocycles. The van der Waals surface area contributed by atoms with Crippen molar-refractivity contribution < 1.29 is 28.6 Å². The van der Waals surface area contributed by atoms with E-state index in [1.807, 2.05) is 0 Å². The third kappa shape index (κ3) is 27.0. The van der Waals surface area contributed by atoms with Crippen LogP contribution in [-0.4, -0.2) is 37.2 Å². The molecule has 6 nitrogen and oxygen atoms in total. The molecule has 0 rings (SSSR count). The van der Waals surface area contributed by atoms with Crippen LogP contribution in [0.3, 0.4) is 0 Å². The highest BCUT2D eigenvalue weighted by Gasteiger charge is 2.19. The SMILES string of the molecule is C/C=C(/C)C(=O)OC[C@@H](COC(=O)CCCCCCCCCCCCC)OC(=O)CCCCCCCCCCCCC. The molecule has 0 spiro atoms. The standard InChI is InChI=1S/C36H66O6/c1-5-8-10-12-14-16-18-20-22-24-26-28-34(37)40-30-33(31-41-36(39)32(4)7-3)42-35(38)29-27-25-23-21-19-17-15-13-11-9-6-2/h7,33H,5-6,8-31H2,1-4H3/b32-7-/t33-/m1/s1. The van der Waals surface area contributed by atoms with Gasteiger partial charge in [-0.15, -0.1) is 0 Å². The Labute approximate surface area is 259 Å². The molecule has 0 fully saturated rings. The number of carbonyl (C=O) groups excluding carboxylic acids is 3. The lowest BCUT2D eigenvalue weighted by Crippen LogP contribution is -2.31. The lowest BCUT2D eigenvalue weighted by molar-refractivity contribution is -0.165. The topological polar surface area (TPSA) is 78.9 Å². The van der Waals surface area contributed by atoms with E-state index in [0.29, 0.717) is 18.4 Å². The van der Waals surface area contributed by atoms with Gasteiger partial charge in [0.1, 0.15) is 13.2 Å². The molecule has 0 saturated heterocycles. The number of hydrogen-bond donors (Lipinski definition) is 0. The van der Waals surface area contributed by atoms with E-state index >= 15 is 0 Å². The van der Waals surface area contributed by atoms with Crippen LogP contribution in [0.25, 0.3) is 0 Å². The number of esters is 3. The fourth-order valence-electron chi connectivity index (χ4n) is 4.89. The quantitative estimate of drug-likeness (QED) is 0.0356. The summed E-state index contributed by atoms with van der Waals surface area (Å²) in [5.41, 5.74) is 0.481. The summed E-state index contributed by atoms with van der Waals surface area (Å²) in [7, 11) is 0. The number of ether oxygens (including phenoxy) is 3. The Morgan fingerprint density at radius 2 is 0.881 bits per heavy atom. The summed E-state index contributed by atoms with van der Waals surface area (Å²) in [6.45, 7) is 7.70. The fraction of sp³-hybridized carbons (Fsp3) is 0.861. The Bertz CT molecular complexity index is 686. The molecule has 0 saturated carbocycles. The summed E-state index contributed by atoms with van der Waals surface area (Å²) in [4.78, 5) is 36.8. The number of unbranched alkanes of at least 4 members (excludes halogenated alkanes) is 20. The Morgan fingerprint density at radius 1 is 0.524 bits per heavy atom. The van der Waals surface area contributed by atoms with E-state index in [2.05, 4.69) is 13.8 Å². The Hall–Kier alpha value is -1.85. The molecule has 0 aromatic rings. The van der Waals surface area contributed by atoms with E-state index in [4.69, 9.17) is 14.2 Å². The highest BCUT2D eigenvalue weighted by molar-refractivity contribution is 5.87. The molecule has 0 N–H and O–H groups in total. The van der Waals surface area contributed by atoms with Crippen molar-refractivity contribution in [3.63, 3.8) is 0 Å². The van der Waals surface area contributed by atoms with Gasteiger partial charge in [0.05, 0.1) is 0 Å². The van der Waals surface area contributed by atoms with Crippen LogP contribution < -0.4 is 0 Å². The van der Waals surface area contributed by atoms with E-state index in [1.54, 1.807) is 19.9 Å². The van der Waals surface area contributed by atoms with Crippen molar-refractivity contribution >= 4 is 17.9 Å². The zero-order valence-corrected chi connectivity index (χ0v) is 28.0. The first-order chi connectivity index (χ1) is 20.4. The molecule has 246 valence electrons. The smallest absolute Gasteiger partial charge is 0.333 e. The first-order valence-corrected chi connectivity index (χ1v) is 17.6. The molecule has 0 radical (unpaired) electrons. The molecule has 0 aliphatic heterocycles. The van der Waals surface area contributed by atoms with Gasteiger partial charge in [0.15, 0.2) is 6.10 Å². The maximum absolute atomic E-state index is 12.5. The van der Waals surface area contributed by atoms with Gasteiger partial charge in [-0.05, 0) is 26.7 Å². The molecule has 0 bridgehead atoms. The van der Waals surface area contributed by atoms with Gasteiger partial charge in [-0.25, -0.2) is 4.79 Å². The lowest BCUT2D eigenvalue weighted by Gasteiger charge is -2.18. The largest absolute Gasteiger partial charge is 0.462 e. The van der Waals surface area contributed by atoms with E-state index in [0.717, 1.165) is 38.5 Å². The molecule has 0 amide bonds. The highest BCUT2D eigenvalue weighted by atomic mass is 16.6. The minimum absolute atomic E-state index is 0.0942. The fourth-order valence-corrected chi connectivity index (χ4v) is 4.89. The number of hydrogen-bond acceptors (Lipinski definition) is 6. The van der Waals surface area contributed by atoms with Crippen LogP contribution in [0.5, 0.6) is 0 Å². The van der Waals surface area contributed by atoms with E-state index < -0.39 is 12.1 Å². The second-order valence-corrected chi connectivity index (χ2v) is 11.9. The number of allylic oxidation sites excluding steroid dienone is 1. The molecule has 0 aromatic heterocycles. The minimum atomic E-state index is -0.792. The summed E-state index contributed by atoms with van der Waals surface area (Å²) in [5.74, 6) is -1.10. The van der Waals surface area contributed by atoms with Gasteiger partial charge >= 0.3 is 17.9 Å². The van der Waals surface area contributed by atoms with Gasteiger partial charge in [0.25, 0.3) is 0 Å². The van der Waals surface area contributed by atoms with Gasteiger partial charge in [0, 0.05) is 18.4 Å².